The van der Waals surface area contributed by atoms with Gasteiger partial charge in [0.25, 0.3) is 0 Å². The van der Waals surface area contributed by atoms with Crippen molar-refractivity contribution in [1.82, 2.24) is 0 Å². The van der Waals surface area contributed by atoms with Crippen molar-refractivity contribution in [2.24, 2.45) is 0 Å². The second-order valence-electron chi connectivity index (χ2n) is 9.14. The molecule has 0 unspecified atom stereocenters. The molecule has 3 aromatic rings. The number of anilines is 1. The van der Waals surface area contributed by atoms with Gasteiger partial charge < -0.3 is 9.64 Å². The standard InChI is InChI=1S/C31H38FNO2/c1-4-6-8-9-21-33(28-19-20-30(32)29(22-28)31(34)35-3)23-25-13-17-27(18-14-25)26-15-11-24(12-16-26)10-7-5-2/h11-20,22H,4-10,21,23H2,1-3H3. The predicted molar refractivity (Wildman–Crippen MR) is 143 cm³/mol. The number of esters is 1. The van der Waals surface area contributed by atoms with Crippen molar-refractivity contribution >= 4 is 11.7 Å². The maximum Gasteiger partial charge on any atom is 0.340 e. The van der Waals surface area contributed by atoms with Crippen LogP contribution in [0.2, 0.25) is 0 Å². The molecule has 0 saturated heterocycles. The summed E-state index contributed by atoms with van der Waals surface area (Å²) in [5, 5.41) is 0. The van der Waals surface area contributed by atoms with E-state index in [1.54, 1.807) is 12.1 Å². The van der Waals surface area contributed by atoms with Crippen LogP contribution in [0.5, 0.6) is 0 Å². The van der Waals surface area contributed by atoms with E-state index >= 15 is 0 Å². The van der Waals surface area contributed by atoms with E-state index in [4.69, 9.17) is 4.74 Å². The lowest BCUT2D eigenvalue weighted by Crippen LogP contribution is -2.24. The third kappa shape index (κ3) is 7.68. The first-order valence-electron chi connectivity index (χ1n) is 12.9. The second-order valence-corrected chi connectivity index (χ2v) is 9.14. The van der Waals surface area contributed by atoms with Crippen molar-refractivity contribution in [3.05, 3.63) is 89.2 Å². The van der Waals surface area contributed by atoms with Gasteiger partial charge in [-0.05, 0) is 59.7 Å². The number of aryl methyl sites for hydroxylation is 1. The van der Waals surface area contributed by atoms with Crippen LogP contribution < -0.4 is 4.90 Å². The maximum absolute atomic E-state index is 14.2. The molecule has 0 amide bonds. The van der Waals surface area contributed by atoms with E-state index in [1.165, 1.54) is 61.1 Å². The van der Waals surface area contributed by atoms with Crippen molar-refractivity contribution in [2.75, 3.05) is 18.6 Å². The molecule has 0 aromatic heterocycles. The van der Waals surface area contributed by atoms with Crippen LogP contribution in [0.1, 0.15) is 73.9 Å². The zero-order chi connectivity index (χ0) is 25.0. The molecule has 0 aliphatic heterocycles. The molecule has 0 fully saturated rings. The van der Waals surface area contributed by atoms with E-state index in [-0.39, 0.29) is 5.56 Å². The first-order valence-corrected chi connectivity index (χ1v) is 12.9. The van der Waals surface area contributed by atoms with Crippen LogP contribution in [-0.4, -0.2) is 19.6 Å². The fourth-order valence-corrected chi connectivity index (χ4v) is 4.27. The lowest BCUT2D eigenvalue weighted by atomic mass is 10.0. The van der Waals surface area contributed by atoms with Crippen molar-refractivity contribution in [3.8, 4) is 11.1 Å². The van der Waals surface area contributed by atoms with Gasteiger partial charge in [-0.3, -0.25) is 0 Å². The monoisotopic (exact) mass is 475 g/mol. The van der Waals surface area contributed by atoms with E-state index in [0.29, 0.717) is 6.54 Å². The molecule has 0 bridgehead atoms. The molecular weight excluding hydrogens is 437 g/mol. The predicted octanol–water partition coefficient (Wildman–Crippen LogP) is 8.21. The van der Waals surface area contributed by atoms with Crippen LogP contribution in [0.4, 0.5) is 10.1 Å². The number of ether oxygens (including phenoxy) is 1. The normalized spacial score (nSPS) is 10.9. The molecule has 0 aliphatic carbocycles. The summed E-state index contributed by atoms with van der Waals surface area (Å²) >= 11 is 0. The van der Waals surface area contributed by atoms with Crippen molar-refractivity contribution in [2.45, 2.75) is 65.3 Å². The number of hydrogen-bond acceptors (Lipinski definition) is 3. The average molecular weight is 476 g/mol. The van der Waals surface area contributed by atoms with Crippen LogP contribution in [0.15, 0.2) is 66.7 Å². The van der Waals surface area contributed by atoms with Gasteiger partial charge in [0.2, 0.25) is 0 Å². The molecule has 0 spiro atoms. The molecular formula is C31H38FNO2. The summed E-state index contributed by atoms with van der Waals surface area (Å²) in [5.41, 5.74) is 5.77. The molecule has 35 heavy (non-hydrogen) atoms. The number of benzene rings is 3. The Bertz CT molecular complexity index is 1060. The van der Waals surface area contributed by atoms with Crippen molar-refractivity contribution in [1.29, 1.82) is 0 Å². The van der Waals surface area contributed by atoms with Gasteiger partial charge in [0.15, 0.2) is 0 Å². The minimum absolute atomic E-state index is 0.0266. The summed E-state index contributed by atoms with van der Waals surface area (Å²) in [6.45, 7) is 5.94. The second kappa shape index (κ2) is 13.7. The number of unbranched alkanes of at least 4 members (excludes halogenated alkanes) is 4. The Morgan fingerprint density at radius 1 is 0.800 bits per heavy atom. The molecule has 3 nitrogen and oxygen atoms in total. The van der Waals surface area contributed by atoms with Gasteiger partial charge in [-0.25, -0.2) is 9.18 Å². The molecule has 0 saturated carbocycles. The first-order chi connectivity index (χ1) is 17.0. The number of hydrogen-bond donors (Lipinski definition) is 0. The van der Waals surface area contributed by atoms with E-state index in [0.717, 1.165) is 31.5 Å². The summed E-state index contributed by atoms with van der Waals surface area (Å²) in [5.74, 6) is -1.21. The molecule has 3 rings (SSSR count). The van der Waals surface area contributed by atoms with Crippen molar-refractivity contribution < 1.29 is 13.9 Å². The molecule has 0 heterocycles. The van der Waals surface area contributed by atoms with Gasteiger partial charge in [0.05, 0.1) is 12.7 Å². The third-order valence-corrected chi connectivity index (χ3v) is 6.44. The Hall–Kier alpha value is -3.14. The lowest BCUT2D eigenvalue weighted by molar-refractivity contribution is 0.0595. The summed E-state index contributed by atoms with van der Waals surface area (Å²) in [6.07, 6.45) is 8.11. The molecule has 3 aromatic carbocycles. The summed E-state index contributed by atoms with van der Waals surface area (Å²) in [7, 11) is 1.28. The maximum atomic E-state index is 14.2. The van der Waals surface area contributed by atoms with Gasteiger partial charge >= 0.3 is 5.97 Å². The highest BCUT2D eigenvalue weighted by Gasteiger charge is 2.16. The fourth-order valence-electron chi connectivity index (χ4n) is 4.27. The SMILES string of the molecule is CCCCCCN(Cc1ccc(-c2ccc(CCCC)cc2)cc1)c1ccc(F)c(C(=O)OC)c1. The van der Waals surface area contributed by atoms with Gasteiger partial charge in [0, 0.05) is 18.8 Å². The number of carbonyl (C=O) groups is 1. The van der Waals surface area contributed by atoms with Crippen LogP contribution >= 0.6 is 0 Å². The Kier molecular flexibility index (Phi) is 10.3. The molecule has 0 atom stereocenters. The molecule has 0 radical (unpaired) electrons. The number of halogens is 1. The Morgan fingerprint density at radius 2 is 1.43 bits per heavy atom. The largest absolute Gasteiger partial charge is 0.465 e. The smallest absolute Gasteiger partial charge is 0.340 e. The average Bonchev–Trinajstić information content (AvgIpc) is 2.90. The van der Waals surface area contributed by atoms with Crippen LogP contribution in [0.25, 0.3) is 11.1 Å². The fraction of sp³-hybridized carbons (Fsp3) is 0.387. The minimum atomic E-state index is -0.652. The number of methoxy groups -OCH3 is 1. The van der Waals surface area contributed by atoms with Gasteiger partial charge in [-0.2, -0.15) is 0 Å². The van der Waals surface area contributed by atoms with E-state index in [9.17, 15) is 9.18 Å². The van der Waals surface area contributed by atoms with Crippen LogP contribution in [-0.2, 0) is 17.7 Å². The highest BCUT2D eigenvalue weighted by atomic mass is 19.1. The summed E-state index contributed by atoms with van der Waals surface area (Å²) < 4.78 is 19.0. The van der Waals surface area contributed by atoms with E-state index < -0.39 is 11.8 Å². The summed E-state index contributed by atoms with van der Waals surface area (Å²) in [4.78, 5) is 14.3. The van der Waals surface area contributed by atoms with Crippen LogP contribution in [0.3, 0.4) is 0 Å². The Morgan fingerprint density at radius 3 is 2.03 bits per heavy atom. The molecule has 186 valence electrons. The van der Waals surface area contributed by atoms with E-state index in [2.05, 4.69) is 67.3 Å². The summed E-state index contributed by atoms with van der Waals surface area (Å²) in [6, 6.07) is 22.2. The Balaban J connectivity index is 1.76. The highest BCUT2D eigenvalue weighted by Crippen LogP contribution is 2.25. The number of carbonyl (C=O) groups excluding carboxylic acids is 1. The number of nitrogens with zero attached hydrogens (tertiary/aromatic N) is 1. The van der Waals surface area contributed by atoms with Crippen molar-refractivity contribution in [3.63, 3.8) is 0 Å². The van der Waals surface area contributed by atoms with Gasteiger partial charge in [0.1, 0.15) is 5.82 Å². The zero-order valence-corrected chi connectivity index (χ0v) is 21.4. The first kappa shape index (κ1) is 26.5. The van der Waals surface area contributed by atoms with E-state index in [1.807, 2.05) is 0 Å². The minimum Gasteiger partial charge on any atom is -0.465 e. The van der Waals surface area contributed by atoms with Crippen LogP contribution in [0, 0.1) is 5.82 Å². The molecule has 4 heteroatoms. The lowest BCUT2D eigenvalue weighted by Gasteiger charge is -2.26. The third-order valence-electron chi connectivity index (χ3n) is 6.44. The quantitative estimate of drug-likeness (QED) is 0.184. The topological polar surface area (TPSA) is 29.5 Å². The Labute approximate surface area is 209 Å². The number of rotatable bonds is 13. The molecule has 0 aliphatic rings. The zero-order valence-electron chi connectivity index (χ0n) is 21.4. The molecule has 0 N–H and O–H groups in total. The highest BCUT2D eigenvalue weighted by molar-refractivity contribution is 5.90. The van der Waals surface area contributed by atoms with Gasteiger partial charge in [-0.1, -0.05) is 88.1 Å². The van der Waals surface area contributed by atoms with Gasteiger partial charge in [-0.15, -0.1) is 0 Å².